The number of nitrogens with zero attached hydrogens (tertiary/aromatic N) is 2. The molecule has 0 radical (unpaired) electrons. The van der Waals surface area contributed by atoms with Gasteiger partial charge in [-0.2, -0.15) is 0 Å². The van der Waals surface area contributed by atoms with Crippen LogP contribution in [0, 0.1) is 5.92 Å². The monoisotopic (exact) mass is 437 g/mol. The van der Waals surface area contributed by atoms with Crippen molar-refractivity contribution in [1.29, 1.82) is 0 Å². The zero-order valence-electron chi connectivity index (χ0n) is 16.2. The van der Waals surface area contributed by atoms with E-state index < -0.39 is 10.0 Å². The van der Waals surface area contributed by atoms with Gasteiger partial charge in [-0.1, -0.05) is 23.7 Å². The van der Waals surface area contributed by atoms with Crippen LogP contribution in [0.25, 0.3) is 0 Å². The number of carbonyl (C=O) groups excluding carboxylic acids is 1. The Morgan fingerprint density at radius 1 is 1.17 bits per heavy atom. The first-order chi connectivity index (χ1) is 13.7. The van der Waals surface area contributed by atoms with Crippen LogP contribution in [0.4, 0.5) is 0 Å². The molecule has 0 saturated carbocycles. The molecule has 0 atom stereocenters. The van der Waals surface area contributed by atoms with Crippen LogP contribution in [-0.2, 0) is 22.8 Å². The summed E-state index contributed by atoms with van der Waals surface area (Å²) in [5.74, 6) is -0.218. The number of pyridine rings is 1. The summed E-state index contributed by atoms with van der Waals surface area (Å²) in [4.78, 5) is 26.4. The lowest BCUT2D eigenvalue weighted by molar-refractivity contribution is 0.0689. The van der Waals surface area contributed by atoms with Crippen LogP contribution in [0.3, 0.4) is 0 Å². The molecule has 1 aliphatic rings. The summed E-state index contributed by atoms with van der Waals surface area (Å²) in [5.41, 5.74) is 0.526. The Balaban J connectivity index is 1.50. The maximum absolute atomic E-state index is 12.6. The quantitative estimate of drug-likeness (QED) is 0.748. The third-order valence-corrected chi connectivity index (χ3v) is 6.69. The average Bonchev–Trinajstić information content (AvgIpc) is 2.70. The van der Waals surface area contributed by atoms with Crippen molar-refractivity contribution in [3.8, 4) is 0 Å². The van der Waals surface area contributed by atoms with E-state index in [0.29, 0.717) is 43.1 Å². The van der Waals surface area contributed by atoms with Crippen molar-refractivity contribution in [3.05, 3.63) is 69.1 Å². The van der Waals surface area contributed by atoms with E-state index in [0.717, 1.165) is 0 Å². The van der Waals surface area contributed by atoms with Crippen LogP contribution in [0.15, 0.2) is 47.4 Å². The fourth-order valence-corrected chi connectivity index (χ4v) is 4.72. The first kappa shape index (κ1) is 21.5. The predicted molar refractivity (Wildman–Crippen MR) is 112 cm³/mol. The van der Waals surface area contributed by atoms with Crippen molar-refractivity contribution in [2.75, 3.05) is 19.6 Å². The van der Waals surface area contributed by atoms with Crippen molar-refractivity contribution >= 4 is 27.5 Å². The maximum Gasteiger partial charge on any atom is 0.263 e. The van der Waals surface area contributed by atoms with Crippen LogP contribution in [0.2, 0.25) is 5.02 Å². The number of rotatable bonds is 6. The molecule has 1 fully saturated rings. The standard InChI is InChI=1S/C20H24ClN3O4S/c1-23-10-2-3-18(19(23)25)20(26)24-11-8-15(9-12-24)13-22-29(27,28)14-16-4-6-17(21)7-5-16/h2-7,10,15,22H,8-9,11-14H2,1H3. The van der Waals surface area contributed by atoms with Crippen molar-refractivity contribution in [3.63, 3.8) is 0 Å². The molecule has 1 amide bonds. The SMILES string of the molecule is Cn1cccc(C(=O)N2CCC(CNS(=O)(=O)Cc3ccc(Cl)cc3)CC2)c1=O. The number of benzene rings is 1. The summed E-state index contributed by atoms with van der Waals surface area (Å²) < 4.78 is 28.7. The third kappa shape index (κ3) is 5.68. The minimum absolute atomic E-state index is 0.0984. The Morgan fingerprint density at radius 2 is 1.83 bits per heavy atom. The number of sulfonamides is 1. The molecule has 1 N–H and O–H groups in total. The molecule has 1 saturated heterocycles. The molecule has 9 heteroatoms. The number of amides is 1. The average molecular weight is 438 g/mol. The molecular formula is C20H24ClN3O4S. The Kier molecular flexibility index (Phi) is 6.77. The first-order valence-electron chi connectivity index (χ1n) is 9.42. The number of nitrogens with one attached hydrogen (secondary N) is 1. The molecule has 29 heavy (non-hydrogen) atoms. The van der Waals surface area contributed by atoms with Gasteiger partial charge in [-0.15, -0.1) is 0 Å². The van der Waals surface area contributed by atoms with Gasteiger partial charge in [-0.05, 0) is 48.6 Å². The summed E-state index contributed by atoms with van der Waals surface area (Å²) >= 11 is 5.82. The van der Waals surface area contributed by atoms with Crippen molar-refractivity contribution in [2.45, 2.75) is 18.6 Å². The van der Waals surface area contributed by atoms with E-state index in [1.54, 1.807) is 54.5 Å². The topological polar surface area (TPSA) is 88.5 Å². The van der Waals surface area contributed by atoms with Gasteiger partial charge in [0.15, 0.2) is 0 Å². The van der Waals surface area contributed by atoms with E-state index in [4.69, 9.17) is 11.6 Å². The fraction of sp³-hybridized carbons (Fsp3) is 0.400. The highest BCUT2D eigenvalue weighted by Gasteiger charge is 2.26. The van der Waals surface area contributed by atoms with Gasteiger partial charge < -0.3 is 9.47 Å². The molecule has 156 valence electrons. The van der Waals surface area contributed by atoms with E-state index in [2.05, 4.69) is 4.72 Å². The Morgan fingerprint density at radius 3 is 2.48 bits per heavy atom. The molecule has 1 aromatic heterocycles. The van der Waals surface area contributed by atoms with E-state index in [1.807, 2.05) is 0 Å². The molecule has 3 rings (SSSR count). The fourth-order valence-electron chi connectivity index (χ4n) is 3.37. The summed E-state index contributed by atoms with van der Waals surface area (Å²) in [6, 6.07) is 9.94. The lowest BCUT2D eigenvalue weighted by Gasteiger charge is -2.32. The van der Waals surface area contributed by atoms with Gasteiger partial charge in [0.1, 0.15) is 5.56 Å². The second kappa shape index (κ2) is 9.11. The third-order valence-electron chi connectivity index (χ3n) is 5.12. The number of aromatic nitrogens is 1. The Hall–Kier alpha value is -2.16. The van der Waals surface area contributed by atoms with Gasteiger partial charge in [0.05, 0.1) is 5.75 Å². The predicted octanol–water partition coefficient (Wildman–Crippen LogP) is 2.01. The summed E-state index contributed by atoms with van der Waals surface area (Å²) in [7, 11) is -1.84. The van der Waals surface area contributed by atoms with Gasteiger partial charge in [-0.25, -0.2) is 13.1 Å². The summed E-state index contributed by atoms with van der Waals surface area (Å²) in [6.45, 7) is 1.34. The second-order valence-electron chi connectivity index (χ2n) is 7.31. The summed E-state index contributed by atoms with van der Waals surface area (Å²) in [6.07, 6.45) is 2.98. The summed E-state index contributed by atoms with van der Waals surface area (Å²) in [5, 5.41) is 0.564. The lowest BCUT2D eigenvalue weighted by Crippen LogP contribution is -2.43. The zero-order chi connectivity index (χ0) is 21.0. The Labute approximate surface area is 175 Å². The van der Waals surface area contributed by atoms with E-state index in [-0.39, 0.29) is 28.7 Å². The van der Waals surface area contributed by atoms with E-state index in [1.165, 1.54) is 4.57 Å². The molecule has 1 aromatic carbocycles. The molecule has 2 aromatic rings. The van der Waals surface area contributed by atoms with Crippen LogP contribution >= 0.6 is 11.6 Å². The van der Waals surface area contributed by atoms with Gasteiger partial charge in [0.2, 0.25) is 10.0 Å². The van der Waals surface area contributed by atoms with E-state index in [9.17, 15) is 18.0 Å². The van der Waals surface area contributed by atoms with Crippen molar-refractivity contribution in [2.24, 2.45) is 13.0 Å². The number of halogens is 1. The number of carbonyl (C=O) groups is 1. The smallest absolute Gasteiger partial charge is 0.263 e. The molecule has 0 aliphatic carbocycles. The number of hydrogen-bond acceptors (Lipinski definition) is 4. The molecule has 0 spiro atoms. The van der Waals surface area contributed by atoms with Crippen LogP contribution in [-0.4, -0.2) is 43.4 Å². The number of aryl methyl sites for hydroxylation is 1. The van der Waals surface area contributed by atoms with Crippen LogP contribution in [0.5, 0.6) is 0 Å². The van der Waals surface area contributed by atoms with Gasteiger partial charge in [0, 0.05) is 37.9 Å². The number of piperidine rings is 1. The number of likely N-dealkylation sites (tertiary alicyclic amines) is 1. The first-order valence-corrected chi connectivity index (χ1v) is 11.4. The highest BCUT2D eigenvalue weighted by molar-refractivity contribution is 7.88. The molecule has 1 aliphatic heterocycles. The highest BCUT2D eigenvalue weighted by Crippen LogP contribution is 2.18. The largest absolute Gasteiger partial charge is 0.338 e. The Bertz CT molecular complexity index is 1030. The normalized spacial score (nSPS) is 15.4. The van der Waals surface area contributed by atoms with Crippen LogP contribution in [0.1, 0.15) is 28.8 Å². The molecule has 2 heterocycles. The minimum Gasteiger partial charge on any atom is -0.338 e. The van der Waals surface area contributed by atoms with Gasteiger partial charge in [0.25, 0.3) is 11.5 Å². The van der Waals surface area contributed by atoms with Crippen molar-refractivity contribution in [1.82, 2.24) is 14.2 Å². The highest BCUT2D eigenvalue weighted by atomic mass is 35.5. The zero-order valence-corrected chi connectivity index (χ0v) is 17.7. The molecule has 7 nitrogen and oxygen atoms in total. The van der Waals surface area contributed by atoms with Gasteiger partial charge in [-0.3, -0.25) is 9.59 Å². The number of hydrogen-bond donors (Lipinski definition) is 1. The van der Waals surface area contributed by atoms with Gasteiger partial charge >= 0.3 is 0 Å². The minimum atomic E-state index is -3.45. The van der Waals surface area contributed by atoms with E-state index >= 15 is 0 Å². The molecule has 0 bridgehead atoms. The maximum atomic E-state index is 12.6. The molecule has 0 unspecified atom stereocenters. The van der Waals surface area contributed by atoms with Crippen molar-refractivity contribution < 1.29 is 13.2 Å². The lowest BCUT2D eigenvalue weighted by atomic mass is 9.97. The molecular weight excluding hydrogens is 414 g/mol. The second-order valence-corrected chi connectivity index (χ2v) is 9.55. The van der Waals surface area contributed by atoms with Crippen LogP contribution < -0.4 is 10.3 Å².